The van der Waals surface area contributed by atoms with E-state index in [9.17, 15) is 4.79 Å². The maximum Gasteiger partial charge on any atom is 0.259 e. The minimum atomic E-state index is -0.181. The minimum Gasteiger partial charge on any atom is -0.380 e. The first-order chi connectivity index (χ1) is 16.4. The molecule has 176 valence electrons. The number of amides is 1. The second-order valence-electron chi connectivity index (χ2n) is 10.1. The first-order valence-corrected chi connectivity index (χ1v) is 12.0. The fourth-order valence-corrected chi connectivity index (χ4v) is 4.92. The number of rotatable bonds is 7. The van der Waals surface area contributed by atoms with E-state index in [1.807, 2.05) is 24.3 Å². The number of carbonyl (C=O) groups excluding carboxylic acids is 1. The second-order valence-corrected chi connectivity index (χ2v) is 10.1. The predicted octanol–water partition coefficient (Wildman–Crippen LogP) is 4.41. The molecule has 2 aromatic heterocycles. The molecule has 7 nitrogen and oxygen atoms in total. The minimum absolute atomic E-state index is 0.181. The summed E-state index contributed by atoms with van der Waals surface area (Å²) in [5.74, 6) is 0.379. The molecule has 2 aliphatic rings. The molecule has 1 saturated heterocycles. The third-order valence-electron chi connectivity index (χ3n) is 6.69. The van der Waals surface area contributed by atoms with Crippen LogP contribution in [-0.2, 0) is 13.0 Å². The number of anilines is 3. The van der Waals surface area contributed by atoms with Crippen LogP contribution in [0.3, 0.4) is 0 Å². The van der Waals surface area contributed by atoms with Crippen molar-refractivity contribution in [1.29, 1.82) is 0 Å². The van der Waals surface area contributed by atoms with E-state index in [2.05, 4.69) is 50.7 Å². The van der Waals surface area contributed by atoms with E-state index in [0.717, 1.165) is 36.4 Å². The van der Waals surface area contributed by atoms with Gasteiger partial charge in [-0.2, -0.15) is 0 Å². The largest absolute Gasteiger partial charge is 0.380 e. The molecule has 3 N–H and O–H groups in total. The van der Waals surface area contributed by atoms with Crippen molar-refractivity contribution in [3.63, 3.8) is 0 Å². The zero-order valence-electron chi connectivity index (χ0n) is 19.8. The Labute approximate surface area is 201 Å². The van der Waals surface area contributed by atoms with Crippen LogP contribution in [0, 0.1) is 5.41 Å². The summed E-state index contributed by atoms with van der Waals surface area (Å²) in [6, 6.07) is 14.0. The molecule has 5 rings (SSSR count). The number of pyridine rings is 2. The third-order valence-corrected chi connectivity index (χ3v) is 6.69. The van der Waals surface area contributed by atoms with Crippen molar-refractivity contribution in [3.05, 3.63) is 77.7 Å². The van der Waals surface area contributed by atoms with Crippen LogP contribution in [0.5, 0.6) is 0 Å². The van der Waals surface area contributed by atoms with E-state index in [-0.39, 0.29) is 5.91 Å². The topological polar surface area (TPSA) is 82.2 Å². The summed E-state index contributed by atoms with van der Waals surface area (Å²) in [5.41, 5.74) is 5.21. The van der Waals surface area contributed by atoms with E-state index in [1.54, 1.807) is 30.7 Å². The van der Waals surface area contributed by atoms with Crippen LogP contribution < -0.4 is 16.0 Å². The van der Waals surface area contributed by atoms with Gasteiger partial charge in [-0.05, 0) is 72.3 Å². The lowest BCUT2D eigenvalue weighted by molar-refractivity contribution is 0.102. The number of hydrogen-bond acceptors (Lipinski definition) is 6. The van der Waals surface area contributed by atoms with Gasteiger partial charge in [-0.25, -0.2) is 4.98 Å². The molecule has 1 atom stereocenters. The van der Waals surface area contributed by atoms with Gasteiger partial charge in [0, 0.05) is 55.6 Å². The lowest BCUT2D eigenvalue weighted by atomic mass is 9.93. The summed E-state index contributed by atoms with van der Waals surface area (Å²) in [7, 11) is 0. The number of likely N-dealkylation sites (tertiary alicyclic amines) is 1. The van der Waals surface area contributed by atoms with Crippen LogP contribution in [0.1, 0.15) is 41.8 Å². The van der Waals surface area contributed by atoms with Crippen molar-refractivity contribution in [3.8, 4) is 0 Å². The average molecular weight is 457 g/mol. The quantitative estimate of drug-likeness (QED) is 0.489. The van der Waals surface area contributed by atoms with E-state index in [1.165, 1.54) is 18.5 Å². The molecule has 0 radical (unpaired) electrons. The Morgan fingerprint density at radius 2 is 2.03 bits per heavy atom. The molecular formula is C27H32N6O. The van der Waals surface area contributed by atoms with Crippen LogP contribution in [0.15, 0.2) is 61.1 Å². The Kier molecular flexibility index (Phi) is 6.20. The van der Waals surface area contributed by atoms with Crippen molar-refractivity contribution in [2.24, 2.45) is 5.41 Å². The number of fused-ring (bicyclic) bond motifs is 1. The van der Waals surface area contributed by atoms with Crippen LogP contribution >= 0.6 is 0 Å². The van der Waals surface area contributed by atoms with Gasteiger partial charge in [-0.3, -0.25) is 9.78 Å². The van der Waals surface area contributed by atoms with Crippen molar-refractivity contribution in [2.75, 3.05) is 35.6 Å². The molecule has 7 heteroatoms. The molecule has 1 amide bonds. The Morgan fingerprint density at radius 3 is 2.82 bits per heavy atom. The number of aromatic nitrogens is 2. The van der Waals surface area contributed by atoms with Crippen molar-refractivity contribution >= 4 is 23.1 Å². The fourth-order valence-electron chi connectivity index (χ4n) is 4.92. The maximum atomic E-state index is 13.1. The molecule has 4 heterocycles. The first-order valence-electron chi connectivity index (χ1n) is 12.0. The van der Waals surface area contributed by atoms with Crippen molar-refractivity contribution in [1.82, 2.24) is 14.9 Å². The number of benzene rings is 1. The van der Waals surface area contributed by atoms with Gasteiger partial charge in [0.15, 0.2) is 0 Å². The van der Waals surface area contributed by atoms with Gasteiger partial charge in [-0.15, -0.1) is 0 Å². The summed E-state index contributed by atoms with van der Waals surface area (Å²) >= 11 is 0. The molecule has 0 spiro atoms. The molecule has 0 bridgehead atoms. The van der Waals surface area contributed by atoms with Crippen LogP contribution in [0.25, 0.3) is 0 Å². The van der Waals surface area contributed by atoms with Crippen LogP contribution in [0.4, 0.5) is 17.2 Å². The zero-order valence-corrected chi connectivity index (χ0v) is 19.8. The first kappa shape index (κ1) is 22.3. The van der Waals surface area contributed by atoms with Crippen molar-refractivity contribution in [2.45, 2.75) is 39.3 Å². The van der Waals surface area contributed by atoms with E-state index >= 15 is 0 Å². The van der Waals surface area contributed by atoms with Gasteiger partial charge < -0.3 is 20.9 Å². The SMILES string of the molecule is CC1(C)CCN(C[C@@H]2Cc3ccc(NC(=O)c4cccnc4NCc4ccncc4)cc3N2)C1. The highest BCUT2D eigenvalue weighted by Gasteiger charge is 2.32. The van der Waals surface area contributed by atoms with Gasteiger partial charge >= 0.3 is 0 Å². The standard InChI is InChI=1S/C27H32N6O/c1-27(2)9-13-33(18-27)17-22-14-20-5-6-21(15-24(20)31-22)32-26(34)23-4-3-10-29-25(23)30-16-19-7-11-28-12-8-19/h3-8,10-12,15,22,31H,9,13-14,16-18H2,1-2H3,(H,29,30)(H,32,34)/t22-/m0/s1. The fraction of sp³-hybridized carbons (Fsp3) is 0.370. The molecule has 1 aromatic carbocycles. The van der Waals surface area contributed by atoms with Gasteiger partial charge in [0.25, 0.3) is 5.91 Å². The molecule has 1 fully saturated rings. The summed E-state index contributed by atoms with van der Waals surface area (Å²) in [6.07, 6.45) is 7.47. The highest BCUT2D eigenvalue weighted by Crippen LogP contribution is 2.32. The monoisotopic (exact) mass is 456 g/mol. The molecule has 34 heavy (non-hydrogen) atoms. The summed E-state index contributed by atoms with van der Waals surface area (Å²) in [6.45, 7) is 8.65. The van der Waals surface area contributed by atoms with Crippen molar-refractivity contribution < 1.29 is 4.79 Å². The predicted molar refractivity (Wildman–Crippen MR) is 136 cm³/mol. The molecule has 0 saturated carbocycles. The maximum absolute atomic E-state index is 13.1. The molecule has 2 aliphatic heterocycles. The van der Waals surface area contributed by atoms with Crippen LogP contribution in [0.2, 0.25) is 0 Å². The molecule has 0 aliphatic carbocycles. The average Bonchev–Trinajstić information content (AvgIpc) is 3.39. The number of hydrogen-bond donors (Lipinski definition) is 3. The summed E-state index contributed by atoms with van der Waals surface area (Å²) < 4.78 is 0. The molecular weight excluding hydrogens is 424 g/mol. The number of carbonyl (C=O) groups is 1. The highest BCUT2D eigenvalue weighted by atomic mass is 16.1. The lowest BCUT2D eigenvalue weighted by Crippen LogP contribution is -2.35. The second kappa shape index (κ2) is 9.43. The Balaban J connectivity index is 1.21. The zero-order chi connectivity index (χ0) is 23.5. The van der Waals surface area contributed by atoms with E-state index in [0.29, 0.717) is 29.4 Å². The summed E-state index contributed by atoms with van der Waals surface area (Å²) in [5, 5.41) is 9.98. The smallest absolute Gasteiger partial charge is 0.259 e. The Morgan fingerprint density at radius 1 is 1.18 bits per heavy atom. The lowest BCUT2D eigenvalue weighted by Gasteiger charge is -2.23. The van der Waals surface area contributed by atoms with E-state index in [4.69, 9.17) is 0 Å². The number of nitrogens with zero attached hydrogens (tertiary/aromatic N) is 3. The van der Waals surface area contributed by atoms with Gasteiger partial charge in [-0.1, -0.05) is 19.9 Å². The number of nitrogens with one attached hydrogen (secondary N) is 3. The Hall–Kier alpha value is -3.45. The normalized spacial score (nSPS) is 18.8. The molecule has 0 unspecified atom stereocenters. The summed E-state index contributed by atoms with van der Waals surface area (Å²) in [4.78, 5) is 24.1. The van der Waals surface area contributed by atoms with E-state index < -0.39 is 0 Å². The molecule has 3 aromatic rings. The Bertz CT molecular complexity index is 1160. The van der Waals surface area contributed by atoms with Gasteiger partial charge in [0.1, 0.15) is 5.82 Å². The highest BCUT2D eigenvalue weighted by molar-refractivity contribution is 6.07. The van der Waals surface area contributed by atoms with Gasteiger partial charge in [0.05, 0.1) is 5.56 Å². The third kappa shape index (κ3) is 5.20. The van der Waals surface area contributed by atoms with Crippen LogP contribution in [-0.4, -0.2) is 46.5 Å². The van der Waals surface area contributed by atoms with Gasteiger partial charge in [0.2, 0.25) is 0 Å².